The zero-order chi connectivity index (χ0) is 9.14. The molecule has 0 bridgehead atoms. The summed E-state index contributed by atoms with van der Waals surface area (Å²) in [7, 11) is 4.39. The predicted molar refractivity (Wildman–Crippen MR) is 52.2 cm³/mol. The second-order valence-electron chi connectivity index (χ2n) is 3.96. The summed E-state index contributed by atoms with van der Waals surface area (Å²) in [5.74, 6) is 0. The van der Waals surface area contributed by atoms with Gasteiger partial charge in [0.1, 0.15) is 0 Å². The lowest BCUT2D eigenvalue weighted by Gasteiger charge is -2.42. The van der Waals surface area contributed by atoms with Crippen LogP contribution in [0.15, 0.2) is 0 Å². The molecule has 1 saturated heterocycles. The normalized spacial score (nSPS) is 34.0. The Balaban J connectivity index is 2.43. The maximum atomic E-state index is 5.56. The van der Waals surface area contributed by atoms with E-state index in [4.69, 9.17) is 5.73 Å². The van der Waals surface area contributed by atoms with Crippen LogP contribution in [0.2, 0.25) is 0 Å². The van der Waals surface area contributed by atoms with Gasteiger partial charge in [0.15, 0.2) is 0 Å². The van der Waals surface area contributed by atoms with Crippen LogP contribution in [0.5, 0.6) is 0 Å². The van der Waals surface area contributed by atoms with E-state index in [1.54, 1.807) is 0 Å². The molecule has 0 amide bonds. The molecule has 2 atom stereocenters. The topological polar surface area (TPSA) is 32.5 Å². The monoisotopic (exact) mass is 171 g/mol. The van der Waals surface area contributed by atoms with Crippen LogP contribution in [0.3, 0.4) is 0 Å². The first-order valence-electron chi connectivity index (χ1n) is 4.75. The van der Waals surface area contributed by atoms with Gasteiger partial charge in [0.05, 0.1) is 0 Å². The quantitative estimate of drug-likeness (QED) is 0.633. The van der Waals surface area contributed by atoms with Crippen molar-refractivity contribution in [3.63, 3.8) is 0 Å². The summed E-state index contributed by atoms with van der Waals surface area (Å²) in [6.07, 6.45) is 1.12. The molecule has 0 aliphatic carbocycles. The minimum Gasteiger partial charge on any atom is -0.330 e. The van der Waals surface area contributed by atoms with Crippen LogP contribution in [-0.4, -0.2) is 55.6 Å². The van der Waals surface area contributed by atoms with E-state index in [0.29, 0.717) is 12.1 Å². The van der Waals surface area contributed by atoms with Crippen molar-refractivity contribution in [2.75, 3.05) is 33.7 Å². The number of likely N-dealkylation sites (N-methyl/N-ethyl adjacent to an activating group) is 2. The minimum absolute atomic E-state index is 0.663. The van der Waals surface area contributed by atoms with Crippen LogP contribution in [0.1, 0.15) is 13.3 Å². The lowest BCUT2D eigenvalue weighted by Crippen LogP contribution is -2.54. The van der Waals surface area contributed by atoms with E-state index < -0.39 is 0 Å². The number of rotatable bonds is 2. The Bertz CT molecular complexity index is 138. The van der Waals surface area contributed by atoms with Gasteiger partial charge in [0, 0.05) is 25.2 Å². The molecule has 1 fully saturated rings. The first-order chi connectivity index (χ1) is 5.65. The summed E-state index contributed by atoms with van der Waals surface area (Å²) >= 11 is 0. The van der Waals surface area contributed by atoms with E-state index >= 15 is 0 Å². The molecule has 0 radical (unpaired) electrons. The number of hydrogen-bond donors (Lipinski definition) is 1. The van der Waals surface area contributed by atoms with Gasteiger partial charge in [-0.15, -0.1) is 0 Å². The minimum atomic E-state index is 0.663. The Kier molecular flexibility index (Phi) is 3.50. The van der Waals surface area contributed by atoms with Crippen LogP contribution in [-0.2, 0) is 0 Å². The highest BCUT2D eigenvalue weighted by molar-refractivity contribution is 4.83. The van der Waals surface area contributed by atoms with Crippen molar-refractivity contribution in [3.8, 4) is 0 Å². The SMILES string of the molecule is CC1CN(C)C(CCN)CN1C. The highest BCUT2D eigenvalue weighted by Gasteiger charge is 2.25. The molecule has 3 heteroatoms. The third kappa shape index (κ3) is 2.19. The Labute approximate surface area is 75.5 Å². The van der Waals surface area contributed by atoms with Gasteiger partial charge in [-0.25, -0.2) is 0 Å². The Hall–Kier alpha value is -0.120. The van der Waals surface area contributed by atoms with Crippen molar-refractivity contribution in [1.82, 2.24) is 9.80 Å². The van der Waals surface area contributed by atoms with Crippen LogP contribution in [0, 0.1) is 0 Å². The zero-order valence-corrected chi connectivity index (χ0v) is 8.45. The first-order valence-corrected chi connectivity index (χ1v) is 4.75. The summed E-state index contributed by atoms with van der Waals surface area (Å²) in [6.45, 7) is 5.41. The van der Waals surface area contributed by atoms with Crippen LogP contribution in [0.4, 0.5) is 0 Å². The highest BCUT2D eigenvalue weighted by atomic mass is 15.3. The van der Waals surface area contributed by atoms with Gasteiger partial charge in [-0.1, -0.05) is 0 Å². The predicted octanol–water partition coefficient (Wildman–Crippen LogP) is -0.0305. The van der Waals surface area contributed by atoms with Crippen molar-refractivity contribution < 1.29 is 0 Å². The third-order valence-corrected chi connectivity index (χ3v) is 2.93. The Morgan fingerprint density at radius 3 is 2.50 bits per heavy atom. The smallest absolute Gasteiger partial charge is 0.0232 e. The fraction of sp³-hybridized carbons (Fsp3) is 1.00. The largest absolute Gasteiger partial charge is 0.330 e. The molecule has 1 heterocycles. The second-order valence-corrected chi connectivity index (χ2v) is 3.96. The van der Waals surface area contributed by atoms with Gasteiger partial charge in [-0.3, -0.25) is 0 Å². The number of hydrogen-bond acceptors (Lipinski definition) is 3. The average Bonchev–Trinajstić information content (AvgIpc) is 2.01. The summed E-state index contributed by atoms with van der Waals surface area (Å²) in [4.78, 5) is 4.85. The lowest BCUT2D eigenvalue weighted by atomic mass is 10.1. The number of nitrogens with two attached hydrogens (primary N) is 1. The molecule has 12 heavy (non-hydrogen) atoms. The molecular formula is C9H21N3. The molecule has 1 aliphatic rings. The maximum Gasteiger partial charge on any atom is 0.0232 e. The fourth-order valence-electron chi connectivity index (χ4n) is 1.86. The van der Waals surface area contributed by atoms with Gasteiger partial charge < -0.3 is 15.5 Å². The van der Waals surface area contributed by atoms with E-state index in [1.165, 1.54) is 6.54 Å². The van der Waals surface area contributed by atoms with Crippen molar-refractivity contribution in [1.29, 1.82) is 0 Å². The first kappa shape index (κ1) is 9.96. The van der Waals surface area contributed by atoms with Crippen molar-refractivity contribution >= 4 is 0 Å². The number of piperazine rings is 1. The van der Waals surface area contributed by atoms with E-state index in [9.17, 15) is 0 Å². The molecule has 1 rings (SSSR count). The lowest BCUT2D eigenvalue weighted by molar-refractivity contribution is 0.0684. The van der Waals surface area contributed by atoms with E-state index in [0.717, 1.165) is 19.5 Å². The standard InChI is InChI=1S/C9H21N3/c1-8-6-12(3)9(4-5-10)7-11(8)2/h8-9H,4-7,10H2,1-3H3. The molecule has 2 unspecified atom stereocenters. The van der Waals surface area contributed by atoms with Crippen molar-refractivity contribution in [2.45, 2.75) is 25.4 Å². The molecule has 2 N–H and O–H groups in total. The molecule has 0 aromatic heterocycles. The van der Waals surface area contributed by atoms with Gasteiger partial charge in [0.2, 0.25) is 0 Å². The molecule has 0 spiro atoms. The number of nitrogens with zero attached hydrogens (tertiary/aromatic N) is 2. The molecular weight excluding hydrogens is 150 g/mol. The Morgan fingerprint density at radius 2 is 1.92 bits per heavy atom. The summed E-state index contributed by atoms with van der Waals surface area (Å²) in [5, 5.41) is 0. The average molecular weight is 171 g/mol. The highest BCUT2D eigenvalue weighted by Crippen LogP contribution is 2.13. The van der Waals surface area contributed by atoms with E-state index in [-0.39, 0.29) is 0 Å². The summed E-state index contributed by atoms with van der Waals surface area (Å²) < 4.78 is 0. The summed E-state index contributed by atoms with van der Waals surface area (Å²) in [5.41, 5.74) is 5.56. The molecule has 72 valence electrons. The van der Waals surface area contributed by atoms with Gasteiger partial charge in [0.25, 0.3) is 0 Å². The van der Waals surface area contributed by atoms with Gasteiger partial charge in [-0.2, -0.15) is 0 Å². The fourth-order valence-corrected chi connectivity index (χ4v) is 1.86. The molecule has 0 saturated carbocycles. The van der Waals surface area contributed by atoms with Gasteiger partial charge >= 0.3 is 0 Å². The zero-order valence-electron chi connectivity index (χ0n) is 8.45. The van der Waals surface area contributed by atoms with Gasteiger partial charge in [-0.05, 0) is 34.0 Å². The molecule has 1 aliphatic heterocycles. The third-order valence-electron chi connectivity index (χ3n) is 2.93. The van der Waals surface area contributed by atoms with Crippen LogP contribution >= 0.6 is 0 Å². The molecule has 0 aromatic rings. The summed E-state index contributed by atoms with van der Waals surface area (Å²) in [6, 6.07) is 1.35. The van der Waals surface area contributed by atoms with Crippen LogP contribution < -0.4 is 5.73 Å². The Morgan fingerprint density at radius 1 is 1.25 bits per heavy atom. The van der Waals surface area contributed by atoms with E-state index in [1.807, 2.05) is 0 Å². The van der Waals surface area contributed by atoms with Crippen LogP contribution in [0.25, 0.3) is 0 Å². The molecule has 3 nitrogen and oxygen atoms in total. The van der Waals surface area contributed by atoms with E-state index in [2.05, 4.69) is 30.8 Å². The van der Waals surface area contributed by atoms with Crippen molar-refractivity contribution in [3.05, 3.63) is 0 Å². The van der Waals surface area contributed by atoms with Crippen molar-refractivity contribution in [2.24, 2.45) is 5.73 Å². The molecule has 0 aromatic carbocycles. The maximum absolute atomic E-state index is 5.56. The second kappa shape index (κ2) is 4.21.